The van der Waals surface area contributed by atoms with Crippen molar-refractivity contribution in [2.45, 2.75) is 37.3 Å². The molecule has 2 bridgehead atoms. The maximum absolute atomic E-state index is 12.3. The smallest absolute Gasteiger partial charge is 0.310 e. The molecule has 3 rings (SSSR count). The molecule has 0 aliphatic carbocycles. The number of rotatable bonds is 2. The lowest BCUT2D eigenvalue weighted by molar-refractivity contribution is -0.150. The number of fused-ring (bicyclic) bond motifs is 2. The number of benzene rings is 1. The second kappa shape index (κ2) is 5.49. The average molecular weight is 338 g/mol. The van der Waals surface area contributed by atoms with Crippen molar-refractivity contribution in [1.82, 2.24) is 4.90 Å². The van der Waals surface area contributed by atoms with Gasteiger partial charge in [0.2, 0.25) is 0 Å². The molecule has 3 nitrogen and oxygen atoms in total. The van der Waals surface area contributed by atoms with Crippen LogP contribution >= 0.6 is 15.9 Å². The van der Waals surface area contributed by atoms with Crippen LogP contribution < -0.4 is 0 Å². The van der Waals surface area contributed by atoms with E-state index in [0.29, 0.717) is 12.1 Å². The van der Waals surface area contributed by atoms with Gasteiger partial charge in [-0.2, -0.15) is 0 Å². The minimum absolute atomic E-state index is 0.0371. The minimum Gasteiger partial charge on any atom is -0.469 e. The molecule has 2 unspecified atom stereocenters. The summed E-state index contributed by atoms with van der Waals surface area (Å²) in [7, 11) is 3.65. The lowest BCUT2D eigenvalue weighted by Crippen LogP contribution is -2.49. The van der Waals surface area contributed by atoms with Gasteiger partial charge in [0, 0.05) is 22.5 Å². The van der Waals surface area contributed by atoms with Crippen LogP contribution in [0, 0.1) is 5.92 Å². The molecule has 108 valence electrons. The molecule has 1 aromatic rings. The van der Waals surface area contributed by atoms with Gasteiger partial charge in [-0.25, -0.2) is 0 Å². The number of ether oxygens (including phenoxy) is 1. The van der Waals surface area contributed by atoms with Crippen LogP contribution in [-0.2, 0) is 9.53 Å². The average Bonchev–Trinajstić information content (AvgIpc) is 2.70. The van der Waals surface area contributed by atoms with Gasteiger partial charge in [-0.15, -0.1) is 0 Å². The first-order valence-corrected chi connectivity index (χ1v) is 7.96. The lowest BCUT2D eigenvalue weighted by Gasteiger charge is -2.41. The molecule has 2 aliphatic heterocycles. The molecule has 1 aromatic carbocycles. The normalized spacial score (nSPS) is 33.1. The fourth-order valence-corrected chi connectivity index (χ4v) is 4.24. The number of piperidine rings is 1. The van der Waals surface area contributed by atoms with Crippen molar-refractivity contribution in [1.29, 1.82) is 0 Å². The Kier molecular flexibility index (Phi) is 3.87. The molecule has 20 heavy (non-hydrogen) atoms. The molecule has 0 N–H and O–H groups in total. The van der Waals surface area contributed by atoms with Gasteiger partial charge in [-0.1, -0.05) is 28.1 Å². The largest absolute Gasteiger partial charge is 0.469 e. The molecule has 4 heteroatoms. The van der Waals surface area contributed by atoms with Gasteiger partial charge in [-0.3, -0.25) is 9.69 Å². The molecular weight excluding hydrogens is 318 g/mol. The number of esters is 1. The van der Waals surface area contributed by atoms with Crippen molar-refractivity contribution in [3.8, 4) is 0 Å². The standard InChI is InChI=1S/C16H20BrNO2/c1-18-12-7-8-14(18)15(16(19)20-2)13(9-12)10-3-5-11(17)6-4-10/h3-6,12-15H,7-9H2,1-2H3/t12-,13-,14?,15?/m1/s1. The van der Waals surface area contributed by atoms with Crippen molar-refractivity contribution in [2.24, 2.45) is 5.92 Å². The van der Waals surface area contributed by atoms with E-state index in [9.17, 15) is 4.79 Å². The summed E-state index contributed by atoms with van der Waals surface area (Å²) in [5.74, 6) is 0.185. The molecule has 0 radical (unpaired) electrons. The fourth-order valence-electron chi connectivity index (χ4n) is 3.98. The number of hydrogen-bond donors (Lipinski definition) is 0. The highest BCUT2D eigenvalue weighted by Crippen LogP contribution is 2.46. The highest BCUT2D eigenvalue weighted by Gasteiger charge is 2.49. The Bertz CT molecular complexity index is 502. The number of methoxy groups -OCH3 is 1. The van der Waals surface area contributed by atoms with Gasteiger partial charge in [0.05, 0.1) is 13.0 Å². The van der Waals surface area contributed by atoms with Crippen molar-refractivity contribution >= 4 is 21.9 Å². The van der Waals surface area contributed by atoms with E-state index in [1.807, 2.05) is 0 Å². The van der Waals surface area contributed by atoms with Gasteiger partial charge in [-0.05, 0) is 44.0 Å². The number of nitrogens with zero attached hydrogens (tertiary/aromatic N) is 1. The Morgan fingerprint density at radius 3 is 2.65 bits per heavy atom. The summed E-state index contributed by atoms with van der Waals surface area (Å²) in [5.41, 5.74) is 1.26. The first-order chi connectivity index (χ1) is 9.61. The predicted octanol–water partition coefficient (Wildman–Crippen LogP) is 3.19. The topological polar surface area (TPSA) is 29.5 Å². The summed E-state index contributed by atoms with van der Waals surface area (Å²) in [5, 5.41) is 0. The Morgan fingerprint density at radius 2 is 2.00 bits per heavy atom. The third kappa shape index (κ3) is 2.29. The van der Waals surface area contributed by atoms with E-state index in [2.05, 4.69) is 52.1 Å². The first kappa shape index (κ1) is 14.1. The van der Waals surface area contributed by atoms with Crippen LogP contribution in [0.1, 0.15) is 30.7 Å². The van der Waals surface area contributed by atoms with Gasteiger partial charge < -0.3 is 4.74 Å². The maximum atomic E-state index is 12.3. The van der Waals surface area contributed by atoms with Crippen molar-refractivity contribution in [3.63, 3.8) is 0 Å². The molecule has 4 atom stereocenters. The molecule has 0 aromatic heterocycles. The van der Waals surface area contributed by atoms with Gasteiger partial charge in [0.1, 0.15) is 0 Å². The number of carbonyl (C=O) groups is 1. The van der Waals surface area contributed by atoms with Gasteiger partial charge in [0.15, 0.2) is 0 Å². The van der Waals surface area contributed by atoms with Crippen LogP contribution in [0.25, 0.3) is 0 Å². The third-order valence-electron chi connectivity index (χ3n) is 5.04. The Morgan fingerprint density at radius 1 is 1.30 bits per heavy atom. The second-order valence-electron chi connectivity index (χ2n) is 5.91. The molecule has 2 saturated heterocycles. The zero-order valence-corrected chi connectivity index (χ0v) is 13.5. The second-order valence-corrected chi connectivity index (χ2v) is 6.82. The van der Waals surface area contributed by atoms with Crippen LogP contribution in [0.15, 0.2) is 28.7 Å². The van der Waals surface area contributed by atoms with E-state index in [-0.39, 0.29) is 17.8 Å². The first-order valence-electron chi connectivity index (χ1n) is 7.17. The quantitative estimate of drug-likeness (QED) is 0.776. The zero-order chi connectivity index (χ0) is 14.3. The summed E-state index contributed by atoms with van der Waals surface area (Å²) in [6.07, 6.45) is 3.35. The van der Waals surface area contributed by atoms with E-state index in [0.717, 1.165) is 17.3 Å². The Labute approximate surface area is 128 Å². The monoisotopic (exact) mass is 337 g/mol. The molecular formula is C16H20BrNO2. The van der Waals surface area contributed by atoms with Gasteiger partial charge in [0.25, 0.3) is 0 Å². The van der Waals surface area contributed by atoms with E-state index < -0.39 is 0 Å². The summed E-state index contributed by atoms with van der Waals surface area (Å²) in [4.78, 5) is 14.7. The van der Waals surface area contributed by atoms with Crippen molar-refractivity contribution in [3.05, 3.63) is 34.3 Å². The van der Waals surface area contributed by atoms with Crippen molar-refractivity contribution < 1.29 is 9.53 Å². The zero-order valence-electron chi connectivity index (χ0n) is 11.9. The van der Waals surface area contributed by atoms with E-state index >= 15 is 0 Å². The van der Waals surface area contributed by atoms with Crippen LogP contribution in [0.3, 0.4) is 0 Å². The molecule has 2 fully saturated rings. The Hall–Kier alpha value is -0.870. The fraction of sp³-hybridized carbons (Fsp3) is 0.562. The summed E-state index contributed by atoms with van der Waals surface area (Å²) < 4.78 is 6.16. The summed E-state index contributed by atoms with van der Waals surface area (Å²) >= 11 is 3.47. The number of halogens is 1. The molecule has 2 heterocycles. The molecule has 2 aliphatic rings. The van der Waals surface area contributed by atoms with Crippen LogP contribution in [0.4, 0.5) is 0 Å². The van der Waals surface area contributed by atoms with Crippen LogP contribution in [-0.4, -0.2) is 37.1 Å². The van der Waals surface area contributed by atoms with Gasteiger partial charge >= 0.3 is 5.97 Å². The molecule has 0 saturated carbocycles. The summed E-state index contributed by atoms with van der Waals surface area (Å²) in [6, 6.07) is 9.32. The number of hydrogen-bond acceptors (Lipinski definition) is 3. The van der Waals surface area contributed by atoms with Crippen LogP contribution in [0.2, 0.25) is 0 Å². The molecule has 0 spiro atoms. The SMILES string of the molecule is COC(=O)C1C2CC[C@H](C[C@@H]1c1ccc(Br)cc1)N2C. The maximum Gasteiger partial charge on any atom is 0.310 e. The Balaban J connectivity index is 1.95. The number of carbonyl (C=O) groups excluding carboxylic acids is 1. The highest BCUT2D eigenvalue weighted by molar-refractivity contribution is 9.10. The van der Waals surface area contributed by atoms with Crippen LogP contribution in [0.5, 0.6) is 0 Å². The van der Waals surface area contributed by atoms with E-state index in [1.165, 1.54) is 19.1 Å². The lowest BCUT2D eigenvalue weighted by atomic mass is 9.76. The van der Waals surface area contributed by atoms with E-state index in [1.54, 1.807) is 0 Å². The highest BCUT2D eigenvalue weighted by atomic mass is 79.9. The predicted molar refractivity (Wildman–Crippen MR) is 81.6 cm³/mol. The third-order valence-corrected chi connectivity index (χ3v) is 5.57. The summed E-state index contributed by atoms with van der Waals surface area (Å²) in [6.45, 7) is 0. The minimum atomic E-state index is -0.0601. The van der Waals surface area contributed by atoms with E-state index in [4.69, 9.17) is 4.74 Å². The molecule has 0 amide bonds. The van der Waals surface area contributed by atoms with Crippen molar-refractivity contribution in [2.75, 3.05) is 14.2 Å².